The van der Waals surface area contributed by atoms with Crippen LogP contribution >= 0.6 is 0 Å². The van der Waals surface area contributed by atoms with Crippen LogP contribution in [0, 0.1) is 6.92 Å². The van der Waals surface area contributed by atoms with Gasteiger partial charge in [0.2, 0.25) is 5.88 Å². The Labute approximate surface area is 83.7 Å². The molecule has 14 heavy (non-hydrogen) atoms. The third-order valence-corrected chi connectivity index (χ3v) is 1.65. The molecule has 0 amide bonds. The molecule has 0 radical (unpaired) electrons. The summed E-state index contributed by atoms with van der Waals surface area (Å²) in [5.41, 5.74) is 6.28. The van der Waals surface area contributed by atoms with Crippen molar-refractivity contribution in [3.8, 4) is 5.88 Å². The molecule has 0 saturated carbocycles. The number of rotatable bonds is 4. The van der Waals surface area contributed by atoms with E-state index in [0.717, 1.165) is 6.54 Å². The molecule has 1 aromatic rings. The van der Waals surface area contributed by atoms with E-state index in [0.29, 0.717) is 29.8 Å². The molecule has 3 N–H and O–H groups in total. The highest BCUT2D eigenvalue weighted by molar-refractivity contribution is 5.66. The van der Waals surface area contributed by atoms with E-state index in [1.54, 1.807) is 0 Å². The highest BCUT2D eigenvalue weighted by Gasteiger charge is 2.09. The van der Waals surface area contributed by atoms with Crippen molar-refractivity contribution in [3.63, 3.8) is 0 Å². The predicted octanol–water partition coefficient (Wildman–Crippen LogP) is 1.20. The molecule has 0 saturated heterocycles. The number of nitrogens with one attached hydrogen (secondary N) is 1. The maximum absolute atomic E-state index is 5.81. The van der Waals surface area contributed by atoms with Gasteiger partial charge in [-0.25, -0.2) is 4.98 Å². The van der Waals surface area contributed by atoms with Gasteiger partial charge in [-0.2, -0.15) is 4.98 Å². The predicted molar refractivity (Wildman–Crippen MR) is 56.5 cm³/mol. The number of nitrogen functional groups attached to an aromatic ring is 1. The van der Waals surface area contributed by atoms with E-state index in [4.69, 9.17) is 10.5 Å². The Morgan fingerprint density at radius 3 is 2.64 bits per heavy atom. The van der Waals surface area contributed by atoms with Crippen molar-refractivity contribution in [2.24, 2.45) is 0 Å². The SMILES string of the molecule is CCNc1nc(C)nc(OCC)c1N. The van der Waals surface area contributed by atoms with Crippen LogP contribution in [0.25, 0.3) is 0 Å². The van der Waals surface area contributed by atoms with E-state index in [1.165, 1.54) is 0 Å². The summed E-state index contributed by atoms with van der Waals surface area (Å²) >= 11 is 0. The van der Waals surface area contributed by atoms with Gasteiger partial charge in [0.15, 0.2) is 5.82 Å². The van der Waals surface area contributed by atoms with E-state index in [9.17, 15) is 0 Å². The van der Waals surface area contributed by atoms with Gasteiger partial charge in [0.1, 0.15) is 11.5 Å². The van der Waals surface area contributed by atoms with Gasteiger partial charge in [-0.15, -0.1) is 0 Å². The van der Waals surface area contributed by atoms with Crippen LogP contribution in [0.15, 0.2) is 0 Å². The first kappa shape index (κ1) is 10.6. The van der Waals surface area contributed by atoms with Gasteiger partial charge in [-0.1, -0.05) is 0 Å². The zero-order valence-corrected chi connectivity index (χ0v) is 8.79. The molecule has 0 aliphatic rings. The fourth-order valence-electron chi connectivity index (χ4n) is 1.10. The minimum absolute atomic E-state index is 0.455. The lowest BCUT2D eigenvalue weighted by Gasteiger charge is -2.11. The molecular formula is C9H16N4O. The van der Waals surface area contributed by atoms with Crippen LogP contribution in [0.5, 0.6) is 5.88 Å². The van der Waals surface area contributed by atoms with Crippen molar-refractivity contribution in [2.75, 3.05) is 24.2 Å². The summed E-state index contributed by atoms with van der Waals surface area (Å²) < 4.78 is 5.29. The van der Waals surface area contributed by atoms with Crippen LogP contribution in [0.2, 0.25) is 0 Å². The van der Waals surface area contributed by atoms with Gasteiger partial charge in [0.25, 0.3) is 0 Å². The summed E-state index contributed by atoms with van der Waals surface area (Å²) in [6.07, 6.45) is 0. The lowest BCUT2D eigenvalue weighted by Crippen LogP contribution is -2.09. The lowest BCUT2D eigenvalue weighted by molar-refractivity contribution is 0.327. The summed E-state index contributed by atoms with van der Waals surface area (Å²) in [7, 11) is 0. The van der Waals surface area contributed by atoms with E-state index < -0.39 is 0 Å². The minimum atomic E-state index is 0.455. The monoisotopic (exact) mass is 196 g/mol. The van der Waals surface area contributed by atoms with Crippen LogP contribution < -0.4 is 15.8 Å². The molecule has 0 aromatic carbocycles. The van der Waals surface area contributed by atoms with Gasteiger partial charge in [-0.05, 0) is 20.8 Å². The Kier molecular flexibility index (Phi) is 3.50. The molecule has 0 atom stereocenters. The fraction of sp³-hybridized carbons (Fsp3) is 0.556. The normalized spacial score (nSPS) is 9.93. The smallest absolute Gasteiger partial charge is 0.242 e. The number of hydrogen-bond donors (Lipinski definition) is 2. The summed E-state index contributed by atoms with van der Waals surface area (Å²) in [6, 6.07) is 0. The van der Waals surface area contributed by atoms with Crippen molar-refractivity contribution >= 4 is 11.5 Å². The quantitative estimate of drug-likeness (QED) is 0.757. The fourth-order valence-corrected chi connectivity index (χ4v) is 1.10. The van der Waals surface area contributed by atoms with Crippen LogP contribution in [0.3, 0.4) is 0 Å². The molecule has 5 nitrogen and oxygen atoms in total. The van der Waals surface area contributed by atoms with Gasteiger partial charge < -0.3 is 15.8 Å². The first-order chi connectivity index (χ1) is 6.69. The second kappa shape index (κ2) is 4.64. The zero-order chi connectivity index (χ0) is 10.6. The van der Waals surface area contributed by atoms with Gasteiger partial charge in [-0.3, -0.25) is 0 Å². The van der Waals surface area contributed by atoms with Gasteiger partial charge >= 0.3 is 0 Å². The van der Waals surface area contributed by atoms with Crippen LogP contribution in [0.4, 0.5) is 11.5 Å². The van der Waals surface area contributed by atoms with Crippen molar-refractivity contribution in [1.82, 2.24) is 9.97 Å². The second-order valence-corrected chi connectivity index (χ2v) is 2.80. The van der Waals surface area contributed by atoms with Crippen molar-refractivity contribution < 1.29 is 4.74 Å². The highest BCUT2D eigenvalue weighted by atomic mass is 16.5. The lowest BCUT2D eigenvalue weighted by atomic mass is 10.4. The molecule has 78 valence electrons. The number of ether oxygens (including phenoxy) is 1. The molecule has 1 aromatic heterocycles. The number of hydrogen-bond acceptors (Lipinski definition) is 5. The average molecular weight is 196 g/mol. The molecule has 0 bridgehead atoms. The number of aromatic nitrogens is 2. The Morgan fingerprint density at radius 1 is 1.36 bits per heavy atom. The van der Waals surface area contributed by atoms with Crippen LogP contribution in [-0.4, -0.2) is 23.1 Å². The first-order valence-corrected chi connectivity index (χ1v) is 4.69. The molecule has 0 fully saturated rings. The van der Waals surface area contributed by atoms with E-state index in [-0.39, 0.29) is 0 Å². The summed E-state index contributed by atoms with van der Waals surface area (Å²) in [5, 5.41) is 3.06. The Morgan fingerprint density at radius 2 is 2.07 bits per heavy atom. The molecule has 1 heterocycles. The van der Waals surface area contributed by atoms with E-state index in [1.807, 2.05) is 20.8 Å². The third-order valence-electron chi connectivity index (χ3n) is 1.65. The Bertz CT molecular complexity index is 287. The van der Waals surface area contributed by atoms with Gasteiger partial charge in [0.05, 0.1) is 6.61 Å². The summed E-state index contributed by atoms with van der Waals surface area (Å²) in [6.45, 7) is 7.00. The molecule has 0 aliphatic carbocycles. The number of nitrogens with two attached hydrogens (primary N) is 1. The third kappa shape index (κ3) is 2.25. The zero-order valence-electron chi connectivity index (χ0n) is 8.79. The highest BCUT2D eigenvalue weighted by Crippen LogP contribution is 2.25. The Balaban J connectivity index is 3.04. The standard InChI is InChI=1S/C9H16N4O/c1-4-11-8-7(10)9(14-5-2)13-6(3)12-8/h4-5,10H2,1-3H3,(H,11,12,13). The average Bonchev–Trinajstić information content (AvgIpc) is 2.14. The number of anilines is 2. The first-order valence-electron chi connectivity index (χ1n) is 4.69. The summed E-state index contributed by atoms with van der Waals surface area (Å²) in [5.74, 6) is 1.75. The molecule has 0 spiro atoms. The summed E-state index contributed by atoms with van der Waals surface area (Å²) in [4.78, 5) is 8.29. The molecule has 1 rings (SSSR count). The number of nitrogens with zero attached hydrogens (tertiary/aromatic N) is 2. The van der Waals surface area contributed by atoms with Gasteiger partial charge in [0, 0.05) is 6.54 Å². The minimum Gasteiger partial charge on any atom is -0.476 e. The van der Waals surface area contributed by atoms with Crippen molar-refractivity contribution in [1.29, 1.82) is 0 Å². The Hall–Kier alpha value is -1.52. The topological polar surface area (TPSA) is 73.1 Å². The molecule has 0 unspecified atom stereocenters. The van der Waals surface area contributed by atoms with Crippen molar-refractivity contribution in [3.05, 3.63) is 5.82 Å². The maximum atomic E-state index is 5.81. The largest absolute Gasteiger partial charge is 0.476 e. The van der Waals surface area contributed by atoms with Crippen molar-refractivity contribution in [2.45, 2.75) is 20.8 Å². The van der Waals surface area contributed by atoms with Crippen LogP contribution in [-0.2, 0) is 0 Å². The second-order valence-electron chi connectivity index (χ2n) is 2.80. The van der Waals surface area contributed by atoms with E-state index in [2.05, 4.69) is 15.3 Å². The molecule has 0 aliphatic heterocycles. The molecular weight excluding hydrogens is 180 g/mol. The van der Waals surface area contributed by atoms with Crippen LogP contribution in [0.1, 0.15) is 19.7 Å². The van der Waals surface area contributed by atoms with E-state index >= 15 is 0 Å². The maximum Gasteiger partial charge on any atom is 0.242 e. The molecule has 5 heteroatoms. The number of aryl methyl sites for hydroxylation is 1.